The highest BCUT2D eigenvalue weighted by Gasteiger charge is 2.44. The number of fused-ring (bicyclic) bond motifs is 2. The van der Waals surface area contributed by atoms with Gasteiger partial charge in [0.05, 0.1) is 22.2 Å². The molecule has 5 heteroatoms. The molecule has 7 aromatic carbocycles. The van der Waals surface area contributed by atoms with E-state index in [1.165, 1.54) is 39.1 Å². The Morgan fingerprint density at radius 1 is 0.628 bits per heavy atom. The maximum absolute atomic E-state index is 5.29. The van der Waals surface area contributed by atoms with Crippen LogP contribution in [0.15, 0.2) is 312 Å². The molecule has 0 atom stereocenters. The van der Waals surface area contributed by atoms with Gasteiger partial charge in [-0.2, -0.15) is 0 Å². The molecular formula is C73H71N5. The standard InChI is InChI=1S/C71H65N5.C2H6/c1-5-7-8-29-52-71(59-38-21-12-22-39-59)63-41-24-27-44-66(63)76(67-45-28-25-42-64(67)71)61-48-46-56(47-49-61)69(74-68(72-4)55-32-15-9-16-33-55)73-53-50-60(6-2)75-54(3)31-14-13-30-51-70(57-34-17-10-18-35-57,58-36-19-11-20-37-58)62-40-23-26-43-65(62)75;1-2/h5-25,27-42,44-50,53H,3,26,43,51-52H2,1-2,4H3,(H,72,73,74);1-2H3/b7-5-,29-8-,30-13-,31-14-,53-50-,60-6+;. The fourth-order valence-electron chi connectivity index (χ4n) is 11.4. The van der Waals surface area contributed by atoms with Crippen molar-refractivity contribution in [2.24, 2.45) is 9.98 Å². The van der Waals surface area contributed by atoms with Gasteiger partial charge in [-0.3, -0.25) is 0 Å². The van der Waals surface area contributed by atoms with Gasteiger partial charge in [-0.1, -0.05) is 239 Å². The molecule has 78 heavy (non-hydrogen) atoms. The van der Waals surface area contributed by atoms with Crippen molar-refractivity contribution in [2.75, 3.05) is 11.9 Å². The zero-order valence-corrected chi connectivity index (χ0v) is 45.8. The Kier molecular flexibility index (Phi) is 17.7. The Morgan fingerprint density at radius 2 is 1.21 bits per heavy atom. The van der Waals surface area contributed by atoms with Gasteiger partial charge in [-0.15, -0.1) is 0 Å². The Bertz CT molecular complexity index is 3390. The smallest absolute Gasteiger partial charge is 0.161 e. The molecule has 5 nitrogen and oxygen atoms in total. The first kappa shape index (κ1) is 53.8. The highest BCUT2D eigenvalue weighted by atomic mass is 15.2. The van der Waals surface area contributed by atoms with E-state index in [9.17, 15) is 0 Å². The van der Waals surface area contributed by atoms with Gasteiger partial charge in [0.2, 0.25) is 0 Å². The van der Waals surface area contributed by atoms with Crippen LogP contribution in [0.5, 0.6) is 0 Å². The van der Waals surface area contributed by atoms with Crippen LogP contribution < -0.4 is 10.2 Å². The second-order valence-electron chi connectivity index (χ2n) is 19.2. The Hall–Kier alpha value is -9.06. The lowest BCUT2D eigenvalue weighted by molar-refractivity contribution is 0.493. The predicted molar refractivity (Wildman–Crippen MR) is 332 cm³/mol. The number of nitrogens with one attached hydrogen (secondary N) is 1. The van der Waals surface area contributed by atoms with Gasteiger partial charge in [0.25, 0.3) is 0 Å². The molecule has 0 unspecified atom stereocenters. The van der Waals surface area contributed by atoms with E-state index in [0.717, 1.165) is 65.3 Å². The summed E-state index contributed by atoms with van der Waals surface area (Å²) in [5.41, 5.74) is 14.9. The quantitative estimate of drug-likeness (QED) is 0.0753. The summed E-state index contributed by atoms with van der Waals surface area (Å²) in [4.78, 5) is 15.3. The van der Waals surface area contributed by atoms with Crippen molar-refractivity contribution in [3.8, 4) is 0 Å². The fourth-order valence-corrected chi connectivity index (χ4v) is 11.4. The van der Waals surface area contributed by atoms with Crippen molar-refractivity contribution in [1.29, 1.82) is 0 Å². The van der Waals surface area contributed by atoms with E-state index in [1.54, 1.807) is 0 Å². The SMILES string of the molecule is C=C1/C=C\C=C/CC(c2ccccc2)(c2ccccc2)C2=C(CCC=C2)N1C(/C=C\N=C(N=C(NC)c1ccccc1)c1ccc(N2c3ccccc3C(C/C=C\C=C/C)(c3ccccc3)c3ccccc32)cc1)=C/C.CC. The third-order valence-corrected chi connectivity index (χ3v) is 14.9. The van der Waals surface area contributed by atoms with Gasteiger partial charge in [0.1, 0.15) is 5.84 Å². The van der Waals surface area contributed by atoms with Crippen LogP contribution in [0.2, 0.25) is 0 Å². The van der Waals surface area contributed by atoms with Crippen LogP contribution in [-0.2, 0) is 10.8 Å². The second-order valence-corrected chi connectivity index (χ2v) is 19.2. The summed E-state index contributed by atoms with van der Waals surface area (Å²) in [5.74, 6) is 1.28. The van der Waals surface area contributed by atoms with Gasteiger partial charge < -0.3 is 15.1 Å². The van der Waals surface area contributed by atoms with E-state index >= 15 is 0 Å². The number of amidine groups is 2. The lowest BCUT2D eigenvalue weighted by Gasteiger charge is -2.46. The lowest BCUT2D eigenvalue weighted by Crippen LogP contribution is -2.36. The third kappa shape index (κ3) is 10.8. The monoisotopic (exact) mass is 1020 g/mol. The zero-order chi connectivity index (χ0) is 54.2. The Balaban J connectivity index is 0.00000366. The van der Waals surface area contributed by atoms with Crippen LogP contribution in [0.25, 0.3) is 0 Å². The van der Waals surface area contributed by atoms with E-state index in [4.69, 9.17) is 16.6 Å². The predicted octanol–water partition coefficient (Wildman–Crippen LogP) is 18.1. The van der Waals surface area contributed by atoms with E-state index < -0.39 is 10.8 Å². The van der Waals surface area contributed by atoms with E-state index in [0.29, 0.717) is 11.7 Å². The van der Waals surface area contributed by atoms with Crippen molar-refractivity contribution >= 4 is 28.7 Å². The highest BCUT2D eigenvalue weighted by molar-refractivity contribution is 6.11. The highest BCUT2D eigenvalue weighted by Crippen LogP contribution is 2.56. The molecule has 10 rings (SSSR count). The van der Waals surface area contributed by atoms with Gasteiger partial charge in [0.15, 0.2) is 5.84 Å². The molecule has 2 aliphatic heterocycles. The van der Waals surface area contributed by atoms with E-state index in [1.807, 2.05) is 45.3 Å². The lowest BCUT2D eigenvalue weighted by atomic mass is 9.64. The summed E-state index contributed by atoms with van der Waals surface area (Å²) < 4.78 is 0. The zero-order valence-electron chi connectivity index (χ0n) is 45.8. The first-order valence-electron chi connectivity index (χ1n) is 27.5. The van der Waals surface area contributed by atoms with Gasteiger partial charge in [-0.25, -0.2) is 9.98 Å². The molecule has 1 N–H and O–H groups in total. The molecule has 0 bridgehead atoms. The summed E-state index contributed by atoms with van der Waals surface area (Å²) in [5, 5.41) is 3.38. The molecule has 0 radical (unpaired) electrons. The van der Waals surface area contributed by atoms with Crippen LogP contribution >= 0.6 is 0 Å². The van der Waals surface area contributed by atoms with Crippen molar-refractivity contribution < 1.29 is 0 Å². The molecule has 0 saturated heterocycles. The van der Waals surface area contributed by atoms with Gasteiger partial charge in [-0.05, 0) is 121 Å². The first-order valence-corrected chi connectivity index (χ1v) is 27.5. The molecule has 1 aliphatic carbocycles. The number of hydrogen-bond donors (Lipinski definition) is 1. The molecule has 3 aliphatic rings. The van der Waals surface area contributed by atoms with Crippen LogP contribution in [0, 0.1) is 0 Å². The summed E-state index contributed by atoms with van der Waals surface area (Å²) in [7, 11) is 1.91. The van der Waals surface area contributed by atoms with Crippen LogP contribution in [0.1, 0.15) is 92.3 Å². The number of allylic oxidation sites excluding steroid dienone is 14. The molecular weight excluding hydrogens is 947 g/mol. The molecule has 0 aromatic heterocycles. The van der Waals surface area contributed by atoms with Crippen molar-refractivity contribution in [1.82, 2.24) is 10.2 Å². The van der Waals surface area contributed by atoms with Crippen molar-refractivity contribution in [3.63, 3.8) is 0 Å². The van der Waals surface area contributed by atoms with Crippen molar-refractivity contribution in [2.45, 2.75) is 64.2 Å². The number of anilines is 3. The first-order chi connectivity index (χ1) is 38.5. The number of nitrogens with zero attached hydrogens (tertiary/aromatic N) is 4. The molecule has 7 aromatic rings. The average Bonchev–Trinajstić information content (AvgIpc) is 3.69. The minimum absolute atomic E-state index is 0.417. The normalized spacial score (nSPS) is 17.0. The second kappa shape index (κ2) is 25.7. The number of hydrogen-bond acceptors (Lipinski definition) is 3. The average molecular weight is 1020 g/mol. The van der Waals surface area contributed by atoms with Crippen LogP contribution in [-0.4, -0.2) is 23.6 Å². The Labute approximate surface area is 464 Å². The maximum atomic E-state index is 5.29. The molecule has 388 valence electrons. The van der Waals surface area contributed by atoms with Crippen molar-refractivity contribution in [3.05, 3.63) is 341 Å². The number of para-hydroxylation sites is 2. The summed E-state index contributed by atoms with van der Waals surface area (Å²) in [6, 6.07) is 69.6. The molecule has 0 saturated carbocycles. The topological polar surface area (TPSA) is 43.2 Å². The molecule has 0 amide bonds. The van der Waals surface area contributed by atoms with E-state index in [-0.39, 0.29) is 0 Å². The van der Waals surface area contributed by atoms with Gasteiger partial charge in [0, 0.05) is 47.2 Å². The van der Waals surface area contributed by atoms with Gasteiger partial charge >= 0.3 is 0 Å². The Morgan fingerprint density at radius 3 is 1.79 bits per heavy atom. The maximum Gasteiger partial charge on any atom is 0.161 e. The minimum Gasteiger partial charge on any atom is -0.373 e. The third-order valence-electron chi connectivity index (χ3n) is 14.9. The van der Waals surface area contributed by atoms with Crippen LogP contribution in [0.4, 0.5) is 17.1 Å². The minimum atomic E-state index is -0.461. The molecule has 0 spiro atoms. The fraction of sp³-hybridized carbons (Fsp3) is 0.151. The molecule has 2 heterocycles. The number of rotatable bonds is 12. The molecule has 0 fully saturated rings. The summed E-state index contributed by atoms with van der Waals surface area (Å²) in [6.45, 7) is 12.9. The summed E-state index contributed by atoms with van der Waals surface area (Å²) in [6.07, 6.45) is 31.5. The number of benzene rings is 7. The summed E-state index contributed by atoms with van der Waals surface area (Å²) >= 11 is 0. The number of aliphatic imine (C=N–C) groups is 2. The largest absolute Gasteiger partial charge is 0.373 e. The van der Waals surface area contributed by atoms with E-state index in [2.05, 4.69) is 278 Å². The van der Waals surface area contributed by atoms with Crippen LogP contribution in [0.3, 0.4) is 0 Å².